The van der Waals surface area contributed by atoms with Crippen molar-refractivity contribution in [3.05, 3.63) is 23.4 Å². The first kappa shape index (κ1) is 10.9. The molecule has 0 aliphatic carbocycles. The lowest BCUT2D eigenvalue weighted by atomic mass is 10.0. The monoisotopic (exact) mass is 195 g/mol. The van der Waals surface area contributed by atoms with E-state index >= 15 is 0 Å². The van der Waals surface area contributed by atoms with Crippen LogP contribution in [0.25, 0.3) is 0 Å². The van der Waals surface area contributed by atoms with E-state index in [1.807, 2.05) is 13.0 Å². The third-order valence-corrected chi connectivity index (χ3v) is 2.12. The number of aryl methyl sites for hydroxylation is 1. The van der Waals surface area contributed by atoms with Gasteiger partial charge in [0, 0.05) is 31.5 Å². The van der Waals surface area contributed by atoms with Crippen LogP contribution in [0, 0.1) is 6.92 Å². The first-order chi connectivity index (χ1) is 6.65. The molecule has 78 valence electrons. The van der Waals surface area contributed by atoms with Crippen molar-refractivity contribution in [1.29, 1.82) is 0 Å². The van der Waals surface area contributed by atoms with E-state index in [0.717, 1.165) is 17.5 Å². The Morgan fingerprint density at radius 1 is 1.57 bits per heavy atom. The van der Waals surface area contributed by atoms with Gasteiger partial charge in [-0.2, -0.15) is 0 Å². The van der Waals surface area contributed by atoms with Gasteiger partial charge in [-0.3, -0.25) is 0 Å². The van der Waals surface area contributed by atoms with E-state index < -0.39 is 0 Å². The number of ether oxygens (including phenoxy) is 1. The predicted molar refractivity (Wildman–Crippen MR) is 56.8 cm³/mol. The standard InChI is InChI=1S/C10H17N3O/c1-7-5-8(10(12)13-6-7)9(11)3-4-14-2/h5-6,9H,3-4,11H2,1-2H3,(H2,12,13). The van der Waals surface area contributed by atoms with Crippen LogP contribution in [-0.2, 0) is 4.74 Å². The number of anilines is 1. The maximum Gasteiger partial charge on any atom is 0.128 e. The Labute approximate surface area is 84.3 Å². The summed E-state index contributed by atoms with van der Waals surface area (Å²) in [6.07, 6.45) is 2.49. The van der Waals surface area contributed by atoms with Crippen molar-refractivity contribution in [2.45, 2.75) is 19.4 Å². The van der Waals surface area contributed by atoms with Crippen LogP contribution >= 0.6 is 0 Å². The first-order valence-corrected chi connectivity index (χ1v) is 4.61. The largest absolute Gasteiger partial charge is 0.385 e. The Morgan fingerprint density at radius 2 is 2.29 bits per heavy atom. The molecule has 0 aliphatic heterocycles. The van der Waals surface area contributed by atoms with Crippen LogP contribution in [0.4, 0.5) is 5.82 Å². The predicted octanol–water partition coefficient (Wildman–Crippen LogP) is 1.01. The van der Waals surface area contributed by atoms with Crippen molar-refractivity contribution in [3.63, 3.8) is 0 Å². The molecular weight excluding hydrogens is 178 g/mol. The van der Waals surface area contributed by atoms with Gasteiger partial charge in [0.25, 0.3) is 0 Å². The van der Waals surface area contributed by atoms with Crippen LogP contribution < -0.4 is 11.5 Å². The molecular formula is C10H17N3O. The Hall–Kier alpha value is -1.13. The fraction of sp³-hybridized carbons (Fsp3) is 0.500. The molecule has 14 heavy (non-hydrogen) atoms. The maximum atomic E-state index is 5.95. The second kappa shape index (κ2) is 4.93. The third-order valence-electron chi connectivity index (χ3n) is 2.12. The zero-order valence-electron chi connectivity index (χ0n) is 8.66. The number of nitrogen functional groups attached to an aromatic ring is 1. The minimum atomic E-state index is -0.0950. The number of aromatic nitrogens is 1. The van der Waals surface area contributed by atoms with Gasteiger partial charge in [-0.25, -0.2) is 4.98 Å². The minimum Gasteiger partial charge on any atom is -0.385 e. The number of nitrogens with two attached hydrogens (primary N) is 2. The summed E-state index contributed by atoms with van der Waals surface area (Å²) < 4.78 is 4.96. The molecule has 0 radical (unpaired) electrons. The van der Waals surface area contributed by atoms with Gasteiger partial charge < -0.3 is 16.2 Å². The van der Waals surface area contributed by atoms with Crippen LogP contribution in [-0.4, -0.2) is 18.7 Å². The highest BCUT2D eigenvalue weighted by Gasteiger charge is 2.10. The normalized spacial score (nSPS) is 12.8. The number of rotatable bonds is 4. The molecule has 1 aromatic rings. The molecule has 1 atom stereocenters. The summed E-state index contributed by atoms with van der Waals surface area (Å²) in [4.78, 5) is 4.06. The summed E-state index contributed by atoms with van der Waals surface area (Å²) in [5.74, 6) is 0.513. The smallest absolute Gasteiger partial charge is 0.128 e. The molecule has 0 spiro atoms. The molecule has 4 heteroatoms. The van der Waals surface area contributed by atoms with E-state index in [2.05, 4.69) is 4.98 Å². The number of nitrogens with zero attached hydrogens (tertiary/aromatic N) is 1. The highest BCUT2D eigenvalue weighted by atomic mass is 16.5. The Kier molecular flexibility index (Phi) is 3.85. The van der Waals surface area contributed by atoms with Crippen molar-refractivity contribution in [2.75, 3.05) is 19.5 Å². The fourth-order valence-electron chi connectivity index (χ4n) is 1.30. The van der Waals surface area contributed by atoms with E-state index in [1.54, 1.807) is 13.3 Å². The lowest BCUT2D eigenvalue weighted by Gasteiger charge is -2.13. The van der Waals surface area contributed by atoms with Crippen LogP contribution in [0.3, 0.4) is 0 Å². The van der Waals surface area contributed by atoms with Crippen LogP contribution in [0.2, 0.25) is 0 Å². The maximum absolute atomic E-state index is 5.95. The summed E-state index contributed by atoms with van der Waals surface area (Å²) in [5, 5.41) is 0. The molecule has 0 saturated heterocycles. The average Bonchev–Trinajstić information content (AvgIpc) is 2.18. The molecule has 0 aliphatic rings. The SMILES string of the molecule is COCCC(N)c1cc(C)cnc1N. The van der Waals surface area contributed by atoms with Crippen LogP contribution in [0.5, 0.6) is 0 Å². The van der Waals surface area contributed by atoms with Gasteiger partial charge in [0.2, 0.25) is 0 Å². The van der Waals surface area contributed by atoms with Gasteiger partial charge in [0.15, 0.2) is 0 Å². The van der Waals surface area contributed by atoms with Crippen molar-refractivity contribution < 1.29 is 4.74 Å². The van der Waals surface area contributed by atoms with Gasteiger partial charge in [0.1, 0.15) is 5.82 Å². The molecule has 1 heterocycles. The van der Waals surface area contributed by atoms with E-state index in [9.17, 15) is 0 Å². The van der Waals surface area contributed by atoms with E-state index in [1.165, 1.54) is 0 Å². The lowest BCUT2D eigenvalue weighted by molar-refractivity contribution is 0.188. The molecule has 0 saturated carbocycles. The molecule has 1 rings (SSSR count). The van der Waals surface area contributed by atoms with Crippen molar-refractivity contribution in [3.8, 4) is 0 Å². The first-order valence-electron chi connectivity index (χ1n) is 4.61. The Morgan fingerprint density at radius 3 is 2.93 bits per heavy atom. The van der Waals surface area contributed by atoms with E-state index in [-0.39, 0.29) is 6.04 Å². The third kappa shape index (κ3) is 2.68. The molecule has 0 amide bonds. The number of hydrogen-bond donors (Lipinski definition) is 2. The highest BCUT2D eigenvalue weighted by molar-refractivity contribution is 5.42. The van der Waals surface area contributed by atoms with Gasteiger partial charge in [-0.1, -0.05) is 0 Å². The minimum absolute atomic E-state index is 0.0950. The zero-order chi connectivity index (χ0) is 10.6. The van der Waals surface area contributed by atoms with Crippen molar-refractivity contribution in [1.82, 2.24) is 4.98 Å². The summed E-state index contributed by atoms with van der Waals surface area (Å²) in [5.41, 5.74) is 13.7. The molecule has 0 fully saturated rings. The topological polar surface area (TPSA) is 74.2 Å². The van der Waals surface area contributed by atoms with E-state index in [4.69, 9.17) is 16.2 Å². The highest BCUT2D eigenvalue weighted by Crippen LogP contribution is 2.19. The second-order valence-electron chi connectivity index (χ2n) is 3.38. The molecule has 0 bridgehead atoms. The van der Waals surface area contributed by atoms with Gasteiger partial charge in [-0.05, 0) is 25.0 Å². The summed E-state index contributed by atoms with van der Waals surface area (Å²) >= 11 is 0. The van der Waals surface area contributed by atoms with Gasteiger partial charge in [0.05, 0.1) is 0 Å². The molecule has 1 aromatic heterocycles. The fourth-order valence-corrected chi connectivity index (χ4v) is 1.30. The van der Waals surface area contributed by atoms with Gasteiger partial charge in [-0.15, -0.1) is 0 Å². The second-order valence-corrected chi connectivity index (χ2v) is 3.38. The molecule has 4 N–H and O–H groups in total. The Bertz CT molecular complexity index is 301. The quantitative estimate of drug-likeness (QED) is 0.752. The Balaban J connectivity index is 2.77. The van der Waals surface area contributed by atoms with E-state index in [0.29, 0.717) is 12.4 Å². The molecule has 4 nitrogen and oxygen atoms in total. The lowest BCUT2D eigenvalue weighted by Crippen LogP contribution is -2.15. The molecule has 0 aromatic carbocycles. The van der Waals surface area contributed by atoms with Crippen molar-refractivity contribution >= 4 is 5.82 Å². The zero-order valence-corrected chi connectivity index (χ0v) is 8.66. The molecule has 1 unspecified atom stereocenters. The summed E-state index contributed by atoms with van der Waals surface area (Å²) in [6.45, 7) is 2.60. The number of methoxy groups -OCH3 is 1. The number of pyridine rings is 1. The van der Waals surface area contributed by atoms with Crippen LogP contribution in [0.1, 0.15) is 23.6 Å². The van der Waals surface area contributed by atoms with Crippen LogP contribution in [0.15, 0.2) is 12.3 Å². The number of hydrogen-bond acceptors (Lipinski definition) is 4. The summed E-state index contributed by atoms with van der Waals surface area (Å²) in [7, 11) is 1.66. The summed E-state index contributed by atoms with van der Waals surface area (Å²) in [6, 6.07) is 1.88. The average molecular weight is 195 g/mol. The van der Waals surface area contributed by atoms with Gasteiger partial charge >= 0.3 is 0 Å². The van der Waals surface area contributed by atoms with Crippen molar-refractivity contribution in [2.24, 2.45) is 5.73 Å².